The van der Waals surface area contributed by atoms with Gasteiger partial charge in [-0.05, 0) is 54.8 Å². The average molecular weight is 605 g/mol. The number of rotatable bonds is 9. The molecule has 6 rings (SSSR count). The third-order valence-corrected chi connectivity index (χ3v) is 7.96. The normalized spacial score (nSPS) is 22.5. The molecule has 0 unspecified atom stereocenters. The van der Waals surface area contributed by atoms with Crippen LogP contribution in [-0.2, 0) is 24.5 Å². The van der Waals surface area contributed by atoms with Crippen molar-refractivity contribution < 1.29 is 32.8 Å². The maximum atomic E-state index is 14.3. The van der Waals surface area contributed by atoms with Crippen LogP contribution in [0.1, 0.15) is 36.8 Å². The Morgan fingerprint density at radius 3 is 1.95 bits per heavy atom. The number of ether oxygens (including phenoxy) is 6. The summed E-state index contributed by atoms with van der Waals surface area (Å²) in [6, 6.07) is 25.0. The summed E-state index contributed by atoms with van der Waals surface area (Å²) < 4.78 is 51.8. The number of hydrogen-bond donors (Lipinski definition) is 1. The van der Waals surface area contributed by atoms with E-state index in [0.29, 0.717) is 11.5 Å². The van der Waals surface area contributed by atoms with Gasteiger partial charge >= 0.3 is 5.69 Å². The second-order valence-corrected chi connectivity index (χ2v) is 11.1. The van der Waals surface area contributed by atoms with Gasteiger partial charge in [-0.25, -0.2) is 4.79 Å². The molecule has 2 saturated heterocycles. The van der Waals surface area contributed by atoms with Crippen molar-refractivity contribution in [2.75, 3.05) is 20.8 Å². The van der Waals surface area contributed by atoms with Crippen LogP contribution in [0.25, 0.3) is 0 Å². The highest BCUT2D eigenvalue weighted by Gasteiger charge is 2.57. The number of aromatic nitrogens is 2. The highest BCUT2D eigenvalue weighted by Crippen LogP contribution is 2.46. The van der Waals surface area contributed by atoms with Gasteiger partial charge in [0.25, 0.3) is 5.56 Å². The lowest BCUT2D eigenvalue weighted by atomic mass is 9.80. The summed E-state index contributed by atoms with van der Waals surface area (Å²) in [5.74, 6) is -0.757. The van der Waals surface area contributed by atoms with Gasteiger partial charge in [0.15, 0.2) is 12.0 Å². The van der Waals surface area contributed by atoms with Gasteiger partial charge in [0.05, 0.1) is 27.0 Å². The molecule has 230 valence electrons. The zero-order valence-electron chi connectivity index (χ0n) is 24.7. The Hall–Kier alpha value is -4.29. The van der Waals surface area contributed by atoms with Gasteiger partial charge in [-0.15, -0.1) is 0 Å². The smallest absolute Gasteiger partial charge is 0.330 e. The van der Waals surface area contributed by atoms with Crippen molar-refractivity contribution in [2.24, 2.45) is 0 Å². The van der Waals surface area contributed by atoms with E-state index in [-0.39, 0.29) is 6.61 Å². The largest absolute Gasteiger partial charge is 0.497 e. The van der Waals surface area contributed by atoms with Crippen LogP contribution in [0.2, 0.25) is 0 Å². The standard InChI is InChI=1S/C33H33FN2O8/c1-32(2)43-27-26(42-30(28(27)44-32)36-18-25(34)29(37)35-31(36)38)19-41-33(20-8-6-5-7-9-20,21-10-14-23(39-3)15-11-21)22-12-16-24(40-4)17-13-22/h5-18,26-28,30H,19H2,1-4H3,(H,35,37,38)/t26-,27-,28+,30-/m1/s1. The Kier molecular flexibility index (Phi) is 7.89. The number of aromatic amines is 1. The van der Waals surface area contributed by atoms with Gasteiger partial charge in [-0.1, -0.05) is 54.6 Å². The predicted octanol–water partition coefficient (Wildman–Crippen LogP) is 4.12. The third-order valence-electron chi connectivity index (χ3n) is 7.96. The van der Waals surface area contributed by atoms with E-state index in [1.54, 1.807) is 28.1 Å². The third kappa shape index (κ3) is 5.32. The molecular formula is C33H33FN2O8. The van der Waals surface area contributed by atoms with Gasteiger partial charge < -0.3 is 28.4 Å². The van der Waals surface area contributed by atoms with Crippen LogP contribution in [0, 0.1) is 5.82 Å². The van der Waals surface area contributed by atoms with Crippen LogP contribution >= 0.6 is 0 Å². The summed E-state index contributed by atoms with van der Waals surface area (Å²) in [6.07, 6.45) is -2.45. The maximum Gasteiger partial charge on any atom is 0.330 e. The van der Waals surface area contributed by atoms with E-state index in [0.717, 1.165) is 27.5 Å². The van der Waals surface area contributed by atoms with Gasteiger partial charge in [0.1, 0.15) is 35.4 Å². The summed E-state index contributed by atoms with van der Waals surface area (Å²) in [4.78, 5) is 26.4. The molecule has 3 heterocycles. The van der Waals surface area contributed by atoms with Gasteiger partial charge in [0.2, 0.25) is 5.82 Å². The fourth-order valence-corrected chi connectivity index (χ4v) is 5.95. The Morgan fingerprint density at radius 2 is 1.39 bits per heavy atom. The Bertz CT molecular complexity index is 1670. The van der Waals surface area contributed by atoms with E-state index >= 15 is 0 Å². The fraction of sp³-hybridized carbons (Fsp3) is 0.333. The quantitative estimate of drug-likeness (QED) is 0.284. The molecule has 4 atom stereocenters. The maximum absolute atomic E-state index is 14.3. The number of methoxy groups -OCH3 is 2. The summed E-state index contributed by atoms with van der Waals surface area (Å²) >= 11 is 0. The molecule has 0 bridgehead atoms. The highest BCUT2D eigenvalue weighted by atomic mass is 19.1. The lowest BCUT2D eigenvalue weighted by Gasteiger charge is -2.37. The Morgan fingerprint density at radius 1 is 0.841 bits per heavy atom. The number of fused-ring (bicyclic) bond motifs is 1. The zero-order valence-corrected chi connectivity index (χ0v) is 24.7. The highest BCUT2D eigenvalue weighted by molar-refractivity contribution is 5.49. The van der Waals surface area contributed by atoms with Crippen LogP contribution in [-0.4, -0.2) is 54.5 Å². The minimum absolute atomic E-state index is 0.00928. The Balaban J connectivity index is 1.43. The lowest BCUT2D eigenvalue weighted by Crippen LogP contribution is -2.39. The van der Waals surface area contributed by atoms with Crippen LogP contribution in [0.3, 0.4) is 0 Å². The van der Waals surface area contributed by atoms with Crippen LogP contribution in [0.4, 0.5) is 4.39 Å². The summed E-state index contributed by atoms with van der Waals surface area (Å²) in [6.45, 7) is 3.49. The first-order chi connectivity index (χ1) is 21.1. The second-order valence-electron chi connectivity index (χ2n) is 11.1. The average Bonchev–Trinajstić information content (AvgIpc) is 3.53. The van der Waals surface area contributed by atoms with E-state index < -0.39 is 53.0 Å². The molecular weight excluding hydrogens is 571 g/mol. The van der Waals surface area contributed by atoms with E-state index in [9.17, 15) is 14.0 Å². The Labute approximate surface area is 252 Å². The van der Waals surface area contributed by atoms with Crippen molar-refractivity contribution >= 4 is 0 Å². The van der Waals surface area contributed by atoms with E-state index in [2.05, 4.69) is 0 Å². The van der Waals surface area contributed by atoms with Crippen molar-refractivity contribution in [1.82, 2.24) is 9.55 Å². The molecule has 4 aromatic rings. The zero-order chi connectivity index (χ0) is 31.1. The minimum Gasteiger partial charge on any atom is -0.497 e. The molecule has 2 fully saturated rings. The monoisotopic (exact) mass is 604 g/mol. The molecule has 2 aliphatic rings. The summed E-state index contributed by atoms with van der Waals surface area (Å²) in [5.41, 5.74) is -0.579. The van der Waals surface area contributed by atoms with E-state index in [1.807, 2.05) is 83.8 Å². The summed E-state index contributed by atoms with van der Waals surface area (Å²) in [5, 5.41) is 0. The predicted molar refractivity (Wildman–Crippen MR) is 157 cm³/mol. The van der Waals surface area contributed by atoms with Crippen molar-refractivity contribution in [3.63, 3.8) is 0 Å². The van der Waals surface area contributed by atoms with Crippen LogP contribution in [0.5, 0.6) is 11.5 Å². The molecule has 3 aromatic carbocycles. The molecule has 0 aliphatic carbocycles. The number of halogens is 1. The number of H-pyrrole nitrogens is 1. The first kappa shape index (κ1) is 29.8. The van der Waals surface area contributed by atoms with Crippen molar-refractivity contribution in [3.8, 4) is 11.5 Å². The van der Waals surface area contributed by atoms with E-state index in [4.69, 9.17) is 28.4 Å². The molecule has 0 saturated carbocycles. The molecule has 1 aromatic heterocycles. The molecule has 2 aliphatic heterocycles. The van der Waals surface area contributed by atoms with Gasteiger partial charge in [-0.3, -0.25) is 14.3 Å². The first-order valence-corrected chi connectivity index (χ1v) is 14.2. The first-order valence-electron chi connectivity index (χ1n) is 14.2. The summed E-state index contributed by atoms with van der Waals surface area (Å²) in [7, 11) is 3.21. The minimum atomic E-state index is -1.13. The molecule has 44 heavy (non-hydrogen) atoms. The van der Waals surface area contributed by atoms with Gasteiger partial charge in [0, 0.05) is 0 Å². The molecule has 0 radical (unpaired) electrons. The lowest BCUT2D eigenvalue weighted by molar-refractivity contribution is -0.205. The number of nitrogens with zero attached hydrogens (tertiary/aromatic N) is 1. The van der Waals surface area contributed by atoms with Crippen molar-refractivity contribution in [2.45, 2.75) is 49.8 Å². The number of hydrogen-bond acceptors (Lipinski definition) is 8. The molecule has 0 spiro atoms. The van der Waals surface area contributed by atoms with Gasteiger partial charge in [-0.2, -0.15) is 4.39 Å². The SMILES string of the molecule is COc1ccc(C(OC[C@H]2O[C@@H](n3cc(F)c(=O)[nH]c3=O)[C@H]3OC(C)(C)O[C@@H]32)(c2ccccc2)c2ccc(OC)cc2)cc1. The van der Waals surface area contributed by atoms with Crippen molar-refractivity contribution in [1.29, 1.82) is 0 Å². The molecule has 11 heteroatoms. The number of nitrogens with one attached hydrogen (secondary N) is 1. The number of benzene rings is 3. The molecule has 1 N–H and O–H groups in total. The second kappa shape index (κ2) is 11.7. The fourth-order valence-electron chi connectivity index (χ4n) is 5.95. The van der Waals surface area contributed by atoms with Crippen LogP contribution in [0.15, 0.2) is 94.6 Å². The molecule has 10 nitrogen and oxygen atoms in total. The molecule has 0 amide bonds. The van der Waals surface area contributed by atoms with E-state index in [1.165, 1.54) is 0 Å². The van der Waals surface area contributed by atoms with Crippen LogP contribution < -0.4 is 20.7 Å². The van der Waals surface area contributed by atoms with Crippen molar-refractivity contribution in [3.05, 3.63) is 128 Å². The topological polar surface area (TPSA) is 110 Å².